The van der Waals surface area contributed by atoms with Gasteiger partial charge in [-0.05, 0) is 44.7 Å². The molecular weight excluding hydrogens is 338 g/mol. The minimum atomic E-state index is -3.04. The number of likely N-dealkylation sites (tertiary alicyclic amines) is 1. The van der Waals surface area contributed by atoms with Crippen LogP contribution < -0.4 is 5.32 Å². The molecule has 0 aromatic heterocycles. The summed E-state index contributed by atoms with van der Waals surface area (Å²) in [5, 5.41) is 3.49. The fourth-order valence-electron chi connectivity index (χ4n) is 3.99. The summed E-state index contributed by atoms with van der Waals surface area (Å²) < 4.78 is 24.8. The summed E-state index contributed by atoms with van der Waals surface area (Å²) in [6, 6.07) is 0.617. The first-order valence-electron chi connectivity index (χ1n) is 9.46. The average molecular weight is 374 g/mol. The van der Waals surface area contributed by atoms with Crippen LogP contribution in [0.4, 0.5) is 0 Å². The van der Waals surface area contributed by atoms with E-state index in [1.165, 1.54) is 25.6 Å². The lowest BCUT2D eigenvalue weighted by Crippen LogP contribution is -2.48. The van der Waals surface area contributed by atoms with Crippen molar-refractivity contribution >= 4 is 16.0 Å². The second-order valence-corrected chi connectivity index (χ2v) is 9.32. The Balaban J connectivity index is 1.77. The van der Waals surface area contributed by atoms with Gasteiger partial charge in [-0.3, -0.25) is 9.89 Å². The predicted octanol–water partition coefficient (Wildman–Crippen LogP) is 0.650. The normalized spacial score (nSPS) is 24.6. The first-order chi connectivity index (χ1) is 11.8. The van der Waals surface area contributed by atoms with Crippen molar-refractivity contribution in [3.05, 3.63) is 0 Å². The van der Waals surface area contributed by atoms with Crippen LogP contribution in [-0.2, 0) is 10.0 Å². The Labute approximate surface area is 153 Å². The molecule has 25 heavy (non-hydrogen) atoms. The van der Waals surface area contributed by atoms with Crippen molar-refractivity contribution in [2.75, 3.05) is 59.6 Å². The molecule has 0 aliphatic carbocycles. The summed E-state index contributed by atoms with van der Waals surface area (Å²) in [6.07, 6.45) is 5.67. The van der Waals surface area contributed by atoms with Crippen molar-refractivity contribution in [1.82, 2.24) is 19.4 Å². The van der Waals surface area contributed by atoms with E-state index >= 15 is 0 Å². The van der Waals surface area contributed by atoms with Crippen LogP contribution in [0, 0.1) is 5.92 Å². The number of guanidine groups is 1. The molecule has 2 rings (SSSR count). The second-order valence-electron chi connectivity index (χ2n) is 7.34. The molecule has 2 aliphatic heterocycles. The van der Waals surface area contributed by atoms with Gasteiger partial charge in [0.1, 0.15) is 0 Å². The molecule has 2 heterocycles. The van der Waals surface area contributed by atoms with Gasteiger partial charge in [0, 0.05) is 46.3 Å². The number of likely N-dealkylation sites (N-methyl/N-ethyl adjacent to an activating group) is 2. The maximum atomic E-state index is 11.6. The van der Waals surface area contributed by atoms with E-state index in [1.807, 2.05) is 7.05 Å². The maximum absolute atomic E-state index is 11.6. The summed E-state index contributed by atoms with van der Waals surface area (Å²) >= 11 is 0. The number of nitrogens with zero attached hydrogens (tertiary/aromatic N) is 4. The second kappa shape index (κ2) is 9.19. The van der Waals surface area contributed by atoms with Gasteiger partial charge in [-0.2, -0.15) is 0 Å². The molecule has 0 aromatic carbocycles. The molecule has 2 aliphatic rings. The number of hydrogen-bond acceptors (Lipinski definition) is 4. The summed E-state index contributed by atoms with van der Waals surface area (Å²) in [5.74, 6) is 1.44. The Morgan fingerprint density at radius 1 is 1.24 bits per heavy atom. The lowest BCUT2D eigenvalue weighted by atomic mass is 9.98. The number of rotatable bonds is 6. The predicted molar refractivity (Wildman–Crippen MR) is 103 cm³/mol. The van der Waals surface area contributed by atoms with Gasteiger partial charge in [-0.25, -0.2) is 12.7 Å². The summed E-state index contributed by atoms with van der Waals surface area (Å²) in [7, 11) is 0.892. The van der Waals surface area contributed by atoms with Crippen LogP contribution in [0.5, 0.6) is 0 Å². The van der Waals surface area contributed by atoms with Gasteiger partial charge in [0.05, 0.1) is 6.26 Å². The number of nitrogens with one attached hydrogen (secondary N) is 1. The molecule has 1 unspecified atom stereocenters. The Hall–Kier alpha value is -0.860. The highest BCUT2D eigenvalue weighted by Crippen LogP contribution is 2.19. The van der Waals surface area contributed by atoms with Crippen LogP contribution in [0.3, 0.4) is 0 Å². The van der Waals surface area contributed by atoms with E-state index < -0.39 is 10.0 Å². The molecule has 8 heteroatoms. The molecule has 0 saturated carbocycles. The third-order valence-corrected chi connectivity index (χ3v) is 6.86. The lowest BCUT2D eigenvalue weighted by molar-refractivity contribution is 0.231. The highest BCUT2D eigenvalue weighted by Gasteiger charge is 2.27. The number of sulfonamides is 1. The molecule has 1 atom stereocenters. The Bertz CT molecular complexity index is 543. The van der Waals surface area contributed by atoms with Crippen molar-refractivity contribution in [2.45, 2.75) is 38.6 Å². The summed E-state index contributed by atoms with van der Waals surface area (Å²) in [4.78, 5) is 9.20. The number of piperidine rings is 1. The molecule has 2 saturated heterocycles. The van der Waals surface area contributed by atoms with Gasteiger partial charge in [0.2, 0.25) is 10.0 Å². The molecule has 7 nitrogen and oxygen atoms in total. The minimum Gasteiger partial charge on any atom is -0.356 e. The number of aliphatic imine (C=N–C) groups is 1. The average Bonchev–Trinajstić information content (AvgIpc) is 3.02. The van der Waals surface area contributed by atoms with Gasteiger partial charge in [-0.15, -0.1) is 0 Å². The van der Waals surface area contributed by atoms with Crippen molar-refractivity contribution in [3.8, 4) is 0 Å². The van der Waals surface area contributed by atoms with Crippen molar-refractivity contribution in [2.24, 2.45) is 10.9 Å². The Morgan fingerprint density at radius 3 is 2.48 bits per heavy atom. The van der Waals surface area contributed by atoms with Gasteiger partial charge in [-0.1, -0.05) is 6.92 Å². The highest BCUT2D eigenvalue weighted by molar-refractivity contribution is 7.88. The van der Waals surface area contributed by atoms with Crippen LogP contribution in [-0.4, -0.2) is 94.1 Å². The van der Waals surface area contributed by atoms with Crippen LogP contribution in [0.1, 0.15) is 32.6 Å². The molecule has 0 bridgehead atoms. The molecule has 2 fully saturated rings. The van der Waals surface area contributed by atoms with E-state index in [2.05, 4.69) is 34.1 Å². The lowest BCUT2D eigenvalue weighted by Gasteiger charge is -2.32. The van der Waals surface area contributed by atoms with Crippen LogP contribution in [0.2, 0.25) is 0 Å². The Kier molecular flexibility index (Phi) is 7.51. The molecule has 1 N–H and O–H groups in total. The zero-order chi connectivity index (χ0) is 18.4. The molecule has 0 amide bonds. The molecule has 146 valence electrons. The van der Waals surface area contributed by atoms with E-state index in [-0.39, 0.29) is 0 Å². The molecular formula is C17H35N5O2S. The van der Waals surface area contributed by atoms with Gasteiger partial charge in [0.25, 0.3) is 0 Å². The van der Waals surface area contributed by atoms with Crippen molar-refractivity contribution in [1.29, 1.82) is 0 Å². The first kappa shape index (κ1) is 20.5. The third kappa shape index (κ3) is 5.82. The quantitative estimate of drug-likeness (QED) is 0.547. The Morgan fingerprint density at radius 2 is 1.92 bits per heavy atom. The summed E-state index contributed by atoms with van der Waals surface area (Å²) in [6.45, 7) is 7.68. The van der Waals surface area contributed by atoms with E-state index in [1.54, 1.807) is 4.31 Å². The first-order valence-corrected chi connectivity index (χ1v) is 11.3. The van der Waals surface area contributed by atoms with Gasteiger partial charge >= 0.3 is 0 Å². The van der Waals surface area contributed by atoms with Crippen molar-refractivity contribution < 1.29 is 8.42 Å². The maximum Gasteiger partial charge on any atom is 0.211 e. The van der Waals surface area contributed by atoms with Crippen LogP contribution in [0.25, 0.3) is 0 Å². The van der Waals surface area contributed by atoms with Crippen molar-refractivity contribution in [3.63, 3.8) is 0 Å². The van der Waals surface area contributed by atoms with E-state index in [9.17, 15) is 8.42 Å². The fourth-order valence-corrected chi connectivity index (χ4v) is 4.86. The van der Waals surface area contributed by atoms with E-state index in [4.69, 9.17) is 0 Å². The van der Waals surface area contributed by atoms with E-state index in [0.29, 0.717) is 25.0 Å². The fraction of sp³-hybridized carbons (Fsp3) is 0.941. The van der Waals surface area contributed by atoms with Crippen LogP contribution >= 0.6 is 0 Å². The molecule has 0 radical (unpaired) electrons. The van der Waals surface area contributed by atoms with Crippen LogP contribution in [0.15, 0.2) is 4.99 Å². The standard InChI is InChI=1S/C17H35N5O2S/c1-5-21-10-6-7-16(21)14-20(3)17(18-2)19-13-15-8-11-22(12-9-15)25(4,23)24/h15-16H,5-14H2,1-4H3,(H,18,19). The zero-order valence-corrected chi connectivity index (χ0v) is 17.1. The minimum absolute atomic E-state index is 0.502. The molecule has 0 aromatic rings. The largest absolute Gasteiger partial charge is 0.356 e. The zero-order valence-electron chi connectivity index (χ0n) is 16.2. The van der Waals surface area contributed by atoms with E-state index in [0.717, 1.165) is 38.4 Å². The number of hydrogen-bond donors (Lipinski definition) is 1. The van der Waals surface area contributed by atoms with Gasteiger partial charge < -0.3 is 10.2 Å². The van der Waals surface area contributed by atoms with Gasteiger partial charge in [0.15, 0.2) is 5.96 Å². The highest BCUT2D eigenvalue weighted by atomic mass is 32.2. The monoisotopic (exact) mass is 373 g/mol. The summed E-state index contributed by atoms with van der Waals surface area (Å²) in [5.41, 5.74) is 0. The smallest absolute Gasteiger partial charge is 0.211 e. The third-order valence-electron chi connectivity index (χ3n) is 5.55. The molecule has 0 spiro atoms. The SMILES string of the molecule is CCN1CCCC1CN(C)C(=NC)NCC1CCN(S(C)(=O)=O)CC1. The topological polar surface area (TPSA) is 68.2 Å².